The van der Waals surface area contributed by atoms with Crippen molar-refractivity contribution >= 4 is 5.91 Å². The third-order valence-electron chi connectivity index (χ3n) is 3.70. The molecule has 0 unspecified atom stereocenters. The van der Waals surface area contributed by atoms with Crippen molar-refractivity contribution in [2.75, 3.05) is 19.8 Å². The van der Waals surface area contributed by atoms with Gasteiger partial charge in [0.25, 0.3) is 0 Å². The molecule has 1 aromatic heterocycles. The highest BCUT2D eigenvalue weighted by molar-refractivity contribution is 5.83. The molecule has 1 aromatic rings. The minimum absolute atomic E-state index is 0.0221. The SMILES string of the molecule is Cc1[nH]ncc1CNC(=O)C1(CN)CCOCC1. The van der Waals surface area contributed by atoms with E-state index in [2.05, 4.69) is 15.5 Å². The van der Waals surface area contributed by atoms with E-state index in [1.165, 1.54) is 0 Å². The molecule has 100 valence electrons. The molecule has 1 saturated heterocycles. The summed E-state index contributed by atoms with van der Waals surface area (Å²) in [5.41, 5.74) is 7.30. The normalized spacial score (nSPS) is 18.6. The van der Waals surface area contributed by atoms with Gasteiger partial charge in [-0.25, -0.2) is 0 Å². The van der Waals surface area contributed by atoms with Crippen LogP contribution in [0.1, 0.15) is 24.1 Å². The Balaban J connectivity index is 1.96. The molecule has 4 N–H and O–H groups in total. The number of hydrogen-bond donors (Lipinski definition) is 3. The lowest BCUT2D eigenvalue weighted by Gasteiger charge is -2.34. The van der Waals surface area contributed by atoms with E-state index in [9.17, 15) is 4.79 Å². The maximum absolute atomic E-state index is 12.3. The summed E-state index contributed by atoms with van der Waals surface area (Å²) in [5.74, 6) is 0.0221. The van der Waals surface area contributed by atoms with E-state index in [1.54, 1.807) is 6.20 Å². The van der Waals surface area contributed by atoms with Gasteiger partial charge < -0.3 is 15.8 Å². The fourth-order valence-electron chi connectivity index (χ4n) is 2.20. The fraction of sp³-hybridized carbons (Fsp3) is 0.667. The van der Waals surface area contributed by atoms with Crippen molar-refractivity contribution in [3.63, 3.8) is 0 Å². The zero-order valence-electron chi connectivity index (χ0n) is 10.7. The number of aromatic amines is 1. The lowest BCUT2D eigenvalue weighted by atomic mass is 9.79. The lowest BCUT2D eigenvalue weighted by Crippen LogP contribution is -2.49. The van der Waals surface area contributed by atoms with E-state index >= 15 is 0 Å². The fourth-order valence-corrected chi connectivity index (χ4v) is 2.20. The Morgan fingerprint density at radius 2 is 2.33 bits per heavy atom. The van der Waals surface area contributed by atoms with Gasteiger partial charge in [0, 0.05) is 37.6 Å². The molecule has 2 rings (SSSR count). The van der Waals surface area contributed by atoms with Crippen LogP contribution in [-0.2, 0) is 16.1 Å². The first-order valence-electron chi connectivity index (χ1n) is 6.23. The molecule has 18 heavy (non-hydrogen) atoms. The van der Waals surface area contributed by atoms with Crippen LogP contribution in [0.15, 0.2) is 6.20 Å². The predicted octanol–water partition coefficient (Wildman–Crippen LogP) is 0.0898. The third-order valence-corrected chi connectivity index (χ3v) is 3.70. The Labute approximate surface area is 106 Å². The zero-order chi connectivity index (χ0) is 13.0. The quantitative estimate of drug-likeness (QED) is 0.708. The van der Waals surface area contributed by atoms with Gasteiger partial charge in [-0.1, -0.05) is 0 Å². The number of hydrogen-bond acceptors (Lipinski definition) is 4. The van der Waals surface area contributed by atoms with Gasteiger partial charge in [-0.15, -0.1) is 0 Å². The molecule has 0 spiro atoms. The van der Waals surface area contributed by atoms with Crippen LogP contribution < -0.4 is 11.1 Å². The number of amides is 1. The number of carbonyl (C=O) groups excluding carboxylic acids is 1. The molecule has 2 heterocycles. The number of nitrogens with zero attached hydrogens (tertiary/aromatic N) is 1. The van der Waals surface area contributed by atoms with Crippen LogP contribution in [0.2, 0.25) is 0 Å². The predicted molar refractivity (Wildman–Crippen MR) is 66.7 cm³/mol. The number of ether oxygens (including phenoxy) is 1. The molecule has 0 atom stereocenters. The topological polar surface area (TPSA) is 93.0 Å². The number of aryl methyl sites for hydroxylation is 1. The molecule has 6 nitrogen and oxygen atoms in total. The summed E-state index contributed by atoms with van der Waals surface area (Å²) in [6, 6.07) is 0. The van der Waals surface area contributed by atoms with Crippen molar-refractivity contribution in [1.82, 2.24) is 15.5 Å². The van der Waals surface area contributed by atoms with Crippen molar-refractivity contribution in [3.05, 3.63) is 17.5 Å². The molecule has 6 heteroatoms. The van der Waals surface area contributed by atoms with Crippen LogP contribution in [0.25, 0.3) is 0 Å². The Bertz CT molecular complexity index is 410. The number of nitrogens with two attached hydrogens (primary N) is 1. The third kappa shape index (κ3) is 2.54. The molecule has 1 amide bonds. The maximum Gasteiger partial charge on any atom is 0.227 e. The van der Waals surface area contributed by atoms with E-state index in [0.29, 0.717) is 39.1 Å². The molecule has 0 radical (unpaired) electrons. The second-order valence-corrected chi connectivity index (χ2v) is 4.80. The lowest BCUT2D eigenvalue weighted by molar-refractivity contribution is -0.136. The molecule has 1 fully saturated rings. The minimum atomic E-state index is -0.462. The van der Waals surface area contributed by atoms with E-state index in [-0.39, 0.29) is 5.91 Å². The van der Waals surface area contributed by atoms with Gasteiger partial charge in [-0.2, -0.15) is 5.10 Å². The first-order valence-corrected chi connectivity index (χ1v) is 6.23. The molecular formula is C12H20N4O2. The van der Waals surface area contributed by atoms with Crippen LogP contribution in [0, 0.1) is 12.3 Å². The number of rotatable bonds is 4. The van der Waals surface area contributed by atoms with Gasteiger partial charge in [0.2, 0.25) is 5.91 Å². The molecule has 1 aliphatic heterocycles. The first kappa shape index (κ1) is 13.0. The maximum atomic E-state index is 12.3. The monoisotopic (exact) mass is 252 g/mol. The second kappa shape index (κ2) is 5.49. The molecule has 0 bridgehead atoms. The van der Waals surface area contributed by atoms with Gasteiger partial charge in [-0.05, 0) is 19.8 Å². The molecule has 0 saturated carbocycles. The molecule has 0 aromatic carbocycles. The summed E-state index contributed by atoms with van der Waals surface area (Å²) < 4.78 is 5.30. The summed E-state index contributed by atoms with van der Waals surface area (Å²) in [5, 5.41) is 9.73. The number of H-pyrrole nitrogens is 1. The number of nitrogens with one attached hydrogen (secondary N) is 2. The molecular weight excluding hydrogens is 232 g/mol. The van der Waals surface area contributed by atoms with Crippen molar-refractivity contribution in [2.45, 2.75) is 26.3 Å². The van der Waals surface area contributed by atoms with E-state index < -0.39 is 5.41 Å². The van der Waals surface area contributed by atoms with E-state index in [1.807, 2.05) is 6.92 Å². The van der Waals surface area contributed by atoms with Gasteiger partial charge >= 0.3 is 0 Å². The van der Waals surface area contributed by atoms with Crippen LogP contribution in [0.5, 0.6) is 0 Å². The van der Waals surface area contributed by atoms with Gasteiger partial charge in [0.1, 0.15) is 0 Å². The van der Waals surface area contributed by atoms with E-state index in [4.69, 9.17) is 10.5 Å². The van der Waals surface area contributed by atoms with Crippen molar-refractivity contribution in [3.8, 4) is 0 Å². The number of carbonyl (C=O) groups is 1. The van der Waals surface area contributed by atoms with Crippen LogP contribution in [0.3, 0.4) is 0 Å². The second-order valence-electron chi connectivity index (χ2n) is 4.80. The van der Waals surface area contributed by atoms with Gasteiger partial charge in [-0.3, -0.25) is 9.89 Å². The van der Waals surface area contributed by atoms with Crippen molar-refractivity contribution < 1.29 is 9.53 Å². The van der Waals surface area contributed by atoms with Crippen LogP contribution >= 0.6 is 0 Å². The zero-order valence-corrected chi connectivity index (χ0v) is 10.7. The highest BCUT2D eigenvalue weighted by Crippen LogP contribution is 2.29. The Hall–Kier alpha value is -1.40. The summed E-state index contributed by atoms with van der Waals surface area (Å²) in [4.78, 5) is 12.3. The van der Waals surface area contributed by atoms with Crippen LogP contribution in [-0.4, -0.2) is 35.9 Å². The summed E-state index contributed by atoms with van der Waals surface area (Å²) >= 11 is 0. The standard InChI is InChI=1S/C12H20N4O2/c1-9-10(7-15-16-9)6-14-11(17)12(8-13)2-4-18-5-3-12/h7H,2-6,8,13H2,1H3,(H,14,17)(H,15,16). The minimum Gasteiger partial charge on any atom is -0.381 e. The summed E-state index contributed by atoms with van der Waals surface area (Å²) in [6.45, 7) is 4.00. The van der Waals surface area contributed by atoms with Crippen molar-refractivity contribution in [2.24, 2.45) is 11.1 Å². The Kier molecular flexibility index (Phi) is 3.98. The average molecular weight is 252 g/mol. The Morgan fingerprint density at radius 3 is 2.89 bits per heavy atom. The average Bonchev–Trinajstić information content (AvgIpc) is 2.82. The number of aromatic nitrogens is 2. The molecule has 1 aliphatic rings. The summed E-state index contributed by atoms with van der Waals surface area (Å²) in [7, 11) is 0. The molecule has 0 aliphatic carbocycles. The van der Waals surface area contributed by atoms with Gasteiger partial charge in [0.15, 0.2) is 0 Å². The highest BCUT2D eigenvalue weighted by Gasteiger charge is 2.38. The summed E-state index contributed by atoms with van der Waals surface area (Å²) in [6.07, 6.45) is 3.12. The van der Waals surface area contributed by atoms with Gasteiger partial charge in [0.05, 0.1) is 11.6 Å². The van der Waals surface area contributed by atoms with Crippen molar-refractivity contribution in [1.29, 1.82) is 0 Å². The Morgan fingerprint density at radius 1 is 1.61 bits per heavy atom. The highest BCUT2D eigenvalue weighted by atomic mass is 16.5. The smallest absolute Gasteiger partial charge is 0.227 e. The largest absolute Gasteiger partial charge is 0.381 e. The van der Waals surface area contributed by atoms with Crippen LogP contribution in [0.4, 0.5) is 0 Å². The first-order chi connectivity index (χ1) is 8.68. The van der Waals surface area contributed by atoms with E-state index in [0.717, 1.165) is 11.3 Å².